The molecule has 0 aliphatic carbocycles. The van der Waals surface area contributed by atoms with E-state index in [0.717, 1.165) is 17.3 Å². The SMILES string of the molecule is CC(C)NCc1cccc(F)c1Sc1nc(N)cc(=O)[nH]1. The third-order valence-electron chi connectivity index (χ3n) is 2.69. The second kappa shape index (κ2) is 6.73. The van der Waals surface area contributed by atoms with Crippen LogP contribution in [-0.2, 0) is 6.54 Å². The van der Waals surface area contributed by atoms with Crippen LogP contribution in [0, 0.1) is 5.82 Å². The van der Waals surface area contributed by atoms with Crippen LogP contribution in [0.3, 0.4) is 0 Å². The van der Waals surface area contributed by atoms with Gasteiger partial charge in [0.15, 0.2) is 5.16 Å². The molecule has 5 nitrogen and oxygen atoms in total. The summed E-state index contributed by atoms with van der Waals surface area (Å²) in [6, 6.07) is 6.35. The molecule has 2 rings (SSSR count). The van der Waals surface area contributed by atoms with E-state index in [1.807, 2.05) is 19.9 Å². The van der Waals surface area contributed by atoms with Gasteiger partial charge in [-0.1, -0.05) is 26.0 Å². The zero-order valence-corrected chi connectivity index (χ0v) is 12.6. The van der Waals surface area contributed by atoms with Crippen molar-refractivity contribution in [2.24, 2.45) is 0 Å². The van der Waals surface area contributed by atoms with Crippen LogP contribution >= 0.6 is 11.8 Å². The van der Waals surface area contributed by atoms with Gasteiger partial charge in [-0.05, 0) is 23.4 Å². The Morgan fingerprint density at radius 1 is 1.48 bits per heavy atom. The van der Waals surface area contributed by atoms with Gasteiger partial charge in [-0.2, -0.15) is 0 Å². The molecule has 1 aromatic carbocycles. The smallest absolute Gasteiger partial charge is 0.253 e. The maximum Gasteiger partial charge on any atom is 0.253 e. The molecule has 1 aromatic heterocycles. The number of hydrogen-bond donors (Lipinski definition) is 3. The maximum absolute atomic E-state index is 14.1. The molecular formula is C14H17FN4OS. The summed E-state index contributed by atoms with van der Waals surface area (Å²) in [5.74, 6) is -0.243. The first kappa shape index (κ1) is 15.5. The summed E-state index contributed by atoms with van der Waals surface area (Å²) in [5, 5.41) is 3.51. The van der Waals surface area contributed by atoms with Gasteiger partial charge in [0.2, 0.25) is 0 Å². The third-order valence-corrected chi connectivity index (χ3v) is 3.74. The standard InChI is InChI=1S/C14H17FN4OS/c1-8(2)17-7-9-4-3-5-10(15)13(9)21-14-18-11(16)6-12(20)19-14/h3-6,8,17H,7H2,1-2H3,(H3,16,18,19,20). The predicted octanol–water partition coefficient (Wildman–Crippen LogP) is 2.14. The number of hydrogen-bond acceptors (Lipinski definition) is 5. The molecule has 0 aliphatic rings. The van der Waals surface area contributed by atoms with Gasteiger partial charge in [0.05, 0.1) is 4.90 Å². The van der Waals surface area contributed by atoms with Crippen LogP contribution in [-0.4, -0.2) is 16.0 Å². The fourth-order valence-corrected chi connectivity index (χ4v) is 2.65. The molecule has 0 unspecified atom stereocenters. The first-order chi connectivity index (χ1) is 9.95. The molecule has 1 heterocycles. The lowest BCUT2D eigenvalue weighted by Gasteiger charge is -2.12. The Morgan fingerprint density at radius 3 is 2.90 bits per heavy atom. The molecule has 4 N–H and O–H groups in total. The molecule has 0 amide bonds. The van der Waals surface area contributed by atoms with Crippen LogP contribution in [0.2, 0.25) is 0 Å². The summed E-state index contributed by atoms with van der Waals surface area (Å²) >= 11 is 1.06. The van der Waals surface area contributed by atoms with E-state index in [4.69, 9.17) is 5.73 Å². The minimum absolute atomic E-state index is 0.111. The number of nitrogen functional groups attached to an aromatic ring is 1. The Hall–Kier alpha value is -1.86. The number of halogens is 1. The highest BCUT2D eigenvalue weighted by Crippen LogP contribution is 2.30. The van der Waals surface area contributed by atoms with E-state index in [2.05, 4.69) is 15.3 Å². The molecule has 0 aliphatic heterocycles. The van der Waals surface area contributed by atoms with Crippen molar-refractivity contribution in [3.63, 3.8) is 0 Å². The van der Waals surface area contributed by atoms with Crippen LogP contribution in [0.5, 0.6) is 0 Å². The van der Waals surface area contributed by atoms with Crippen LogP contribution in [0.1, 0.15) is 19.4 Å². The highest BCUT2D eigenvalue weighted by Gasteiger charge is 2.12. The van der Waals surface area contributed by atoms with Gasteiger partial charge in [0.1, 0.15) is 11.6 Å². The molecule has 0 radical (unpaired) electrons. The van der Waals surface area contributed by atoms with Crippen LogP contribution in [0.15, 0.2) is 39.1 Å². The fraction of sp³-hybridized carbons (Fsp3) is 0.286. The zero-order chi connectivity index (χ0) is 15.4. The van der Waals surface area contributed by atoms with E-state index in [0.29, 0.717) is 11.4 Å². The molecule has 0 fully saturated rings. The van der Waals surface area contributed by atoms with Crippen LogP contribution < -0.4 is 16.6 Å². The Balaban J connectivity index is 2.31. The number of aromatic nitrogens is 2. The third kappa shape index (κ3) is 4.30. The van der Waals surface area contributed by atoms with E-state index in [-0.39, 0.29) is 28.4 Å². The van der Waals surface area contributed by atoms with Gasteiger partial charge in [-0.25, -0.2) is 9.37 Å². The van der Waals surface area contributed by atoms with Crippen molar-refractivity contribution in [1.82, 2.24) is 15.3 Å². The lowest BCUT2D eigenvalue weighted by Crippen LogP contribution is -2.22. The predicted molar refractivity (Wildman–Crippen MR) is 81.8 cm³/mol. The zero-order valence-electron chi connectivity index (χ0n) is 11.8. The first-order valence-electron chi connectivity index (χ1n) is 6.51. The van der Waals surface area contributed by atoms with Gasteiger partial charge in [-0.3, -0.25) is 4.79 Å². The monoisotopic (exact) mass is 308 g/mol. The molecule has 0 bridgehead atoms. The fourth-order valence-electron chi connectivity index (χ4n) is 1.72. The molecule has 21 heavy (non-hydrogen) atoms. The van der Waals surface area contributed by atoms with Crippen molar-refractivity contribution >= 4 is 17.6 Å². The average Bonchev–Trinajstić information content (AvgIpc) is 2.38. The largest absolute Gasteiger partial charge is 0.383 e. The summed E-state index contributed by atoms with van der Waals surface area (Å²) in [7, 11) is 0. The number of aromatic amines is 1. The van der Waals surface area contributed by atoms with Gasteiger partial charge in [0.25, 0.3) is 5.56 Å². The summed E-state index contributed by atoms with van der Waals surface area (Å²) in [4.78, 5) is 18.4. The highest BCUT2D eigenvalue weighted by molar-refractivity contribution is 7.99. The van der Waals surface area contributed by atoms with E-state index in [9.17, 15) is 9.18 Å². The summed E-state index contributed by atoms with van der Waals surface area (Å²) < 4.78 is 14.1. The Bertz CT molecular complexity index is 687. The van der Waals surface area contributed by atoms with E-state index >= 15 is 0 Å². The van der Waals surface area contributed by atoms with E-state index < -0.39 is 0 Å². The topological polar surface area (TPSA) is 83.8 Å². The number of nitrogens with zero attached hydrogens (tertiary/aromatic N) is 1. The van der Waals surface area contributed by atoms with Crippen molar-refractivity contribution in [1.29, 1.82) is 0 Å². The Kier molecular flexibility index (Phi) is 4.98. The Morgan fingerprint density at radius 2 is 2.24 bits per heavy atom. The number of nitrogens with two attached hydrogens (primary N) is 1. The molecule has 0 atom stereocenters. The number of anilines is 1. The normalized spacial score (nSPS) is 11.0. The molecule has 0 saturated carbocycles. The minimum Gasteiger partial charge on any atom is -0.383 e. The van der Waals surface area contributed by atoms with Gasteiger partial charge < -0.3 is 16.0 Å². The Labute approximate surface area is 126 Å². The van der Waals surface area contributed by atoms with Crippen LogP contribution in [0.25, 0.3) is 0 Å². The molecule has 0 saturated heterocycles. The summed E-state index contributed by atoms with van der Waals surface area (Å²) in [6.45, 7) is 4.57. The van der Waals surface area contributed by atoms with Crippen molar-refractivity contribution in [3.05, 3.63) is 46.0 Å². The number of benzene rings is 1. The average molecular weight is 308 g/mol. The molecule has 0 spiro atoms. The van der Waals surface area contributed by atoms with Crippen molar-refractivity contribution in [2.75, 3.05) is 5.73 Å². The number of H-pyrrole nitrogens is 1. The van der Waals surface area contributed by atoms with Gasteiger partial charge >= 0.3 is 0 Å². The van der Waals surface area contributed by atoms with E-state index in [1.165, 1.54) is 12.1 Å². The number of nitrogens with one attached hydrogen (secondary N) is 2. The summed E-state index contributed by atoms with van der Waals surface area (Å²) in [5.41, 5.74) is 5.98. The maximum atomic E-state index is 14.1. The first-order valence-corrected chi connectivity index (χ1v) is 7.33. The lowest BCUT2D eigenvalue weighted by atomic mass is 10.2. The lowest BCUT2D eigenvalue weighted by molar-refractivity contribution is 0.564. The second-order valence-electron chi connectivity index (χ2n) is 4.84. The summed E-state index contributed by atoms with van der Waals surface area (Å²) in [6.07, 6.45) is 0. The van der Waals surface area contributed by atoms with Crippen LogP contribution in [0.4, 0.5) is 10.2 Å². The highest BCUT2D eigenvalue weighted by atomic mass is 32.2. The van der Waals surface area contributed by atoms with Crippen molar-refractivity contribution in [3.8, 4) is 0 Å². The molecule has 112 valence electrons. The quantitative estimate of drug-likeness (QED) is 0.737. The molecular weight excluding hydrogens is 291 g/mol. The molecule has 2 aromatic rings. The molecule has 7 heteroatoms. The van der Waals surface area contributed by atoms with Crippen molar-refractivity contribution < 1.29 is 4.39 Å². The number of rotatable bonds is 5. The van der Waals surface area contributed by atoms with Gasteiger partial charge in [-0.15, -0.1) is 0 Å². The van der Waals surface area contributed by atoms with Crippen molar-refractivity contribution in [2.45, 2.75) is 36.5 Å². The van der Waals surface area contributed by atoms with E-state index in [1.54, 1.807) is 6.07 Å². The minimum atomic E-state index is -0.358. The second-order valence-corrected chi connectivity index (χ2v) is 5.84. The van der Waals surface area contributed by atoms with Gasteiger partial charge in [0, 0.05) is 18.7 Å².